The van der Waals surface area contributed by atoms with E-state index in [9.17, 15) is 5.11 Å². The van der Waals surface area contributed by atoms with E-state index in [2.05, 4.69) is 10.00 Å². The second-order valence-corrected chi connectivity index (χ2v) is 3.96. The molecular weight excluding hydrogens is 194 g/mol. The number of aliphatic hydroxyl groups is 2. The molecule has 0 aliphatic carbocycles. The van der Waals surface area contributed by atoms with Crippen LogP contribution in [-0.2, 0) is 13.1 Å². The van der Waals surface area contributed by atoms with E-state index in [4.69, 9.17) is 5.11 Å². The highest BCUT2D eigenvalue weighted by Gasteiger charge is 2.18. The SMILES string of the molecule is CC(O)c1cc2n(n1)CCN(CCO)C2. The van der Waals surface area contributed by atoms with Crippen LogP contribution in [0.15, 0.2) is 6.07 Å². The van der Waals surface area contributed by atoms with Gasteiger partial charge in [-0.1, -0.05) is 0 Å². The predicted molar refractivity (Wildman–Crippen MR) is 55.2 cm³/mol. The Hall–Kier alpha value is -0.910. The molecule has 15 heavy (non-hydrogen) atoms. The van der Waals surface area contributed by atoms with Gasteiger partial charge in [-0.15, -0.1) is 0 Å². The predicted octanol–water partition coefficient (Wildman–Crippen LogP) is -0.256. The van der Waals surface area contributed by atoms with Crippen LogP contribution in [0.25, 0.3) is 0 Å². The van der Waals surface area contributed by atoms with Crippen LogP contribution in [-0.4, -0.2) is 44.6 Å². The molecule has 0 spiro atoms. The molecular formula is C10H17N3O2. The number of hydrogen-bond donors (Lipinski definition) is 2. The minimum absolute atomic E-state index is 0.192. The molecule has 5 nitrogen and oxygen atoms in total. The van der Waals surface area contributed by atoms with Crippen LogP contribution in [0.4, 0.5) is 0 Å². The van der Waals surface area contributed by atoms with E-state index in [1.165, 1.54) is 0 Å². The Morgan fingerprint density at radius 2 is 2.33 bits per heavy atom. The van der Waals surface area contributed by atoms with Crippen molar-refractivity contribution < 1.29 is 10.2 Å². The maximum absolute atomic E-state index is 9.41. The van der Waals surface area contributed by atoms with Crippen molar-refractivity contribution in [1.29, 1.82) is 0 Å². The molecule has 2 heterocycles. The topological polar surface area (TPSA) is 61.5 Å². The largest absolute Gasteiger partial charge is 0.395 e. The van der Waals surface area contributed by atoms with E-state index in [-0.39, 0.29) is 6.61 Å². The standard InChI is InChI=1S/C10H17N3O2/c1-8(15)10-6-9-7-12(4-5-14)2-3-13(9)11-10/h6,8,14-15H,2-5,7H2,1H3. The van der Waals surface area contributed by atoms with Crippen molar-refractivity contribution in [3.8, 4) is 0 Å². The number of nitrogens with zero attached hydrogens (tertiary/aromatic N) is 3. The van der Waals surface area contributed by atoms with Crippen LogP contribution in [0.2, 0.25) is 0 Å². The zero-order valence-corrected chi connectivity index (χ0v) is 8.93. The number of aliphatic hydroxyl groups excluding tert-OH is 2. The van der Waals surface area contributed by atoms with E-state index in [1.807, 2.05) is 10.7 Å². The van der Waals surface area contributed by atoms with Gasteiger partial charge in [0.25, 0.3) is 0 Å². The molecule has 1 aromatic heterocycles. The van der Waals surface area contributed by atoms with Gasteiger partial charge in [0.1, 0.15) is 0 Å². The third-order valence-electron chi connectivity index (χ3n) is 2.74. The molecule has 1 aliphatic heterocycles. The van der Waals surface area contributed by atoms with E-state index < -0.39 is 6.10 Å². The summed E-state index contributed by atoms with van der Waals surface area (Å²) in [6.45, 7) is 5.17. The second-order valence-electron chi connectivity index (χ2n) is 3.96. The van der Waals surface area contributed by atoms with Gasteiger partial charge in [0.2, 0.25) is 0 Å². The number of hydrogen-bond acceptors (Lipinski definition) is 4. The monoisotopic (exact) mass is 211 g/mol. The molecule has 2 rings (SSSR count). The van der Waals surface area contributed by atoms with Crippen LogP contribution < -0.4 is 0 Å². The maximum atomic E-state index is 9.41. The van der Waals surface area contributed by atoms with Crippen molar-refractivity contribution in [2.24, 2.45) is 0 Å². The van der Waals surface area contributed by atoms with Gasteiger partial charge in [-0.2, -0.15) is 5.10 Å². The fourth-order valence-electron chi connectivity index (χ4n) is 1.88. The van der Waals surface area contributed by atoms with Gasteiger partial charge in [0, 0.05) is 19.6 Å². The molecule has 0 fully saturated rings. The summed E-state index contributed by atoms with van der Waals surface area (Å²) in [5.74, 6) is 0. The third kappa shape index (κ3) is 2.19. The number of rotatable bonds is 3. The highest BCUT2D eigenvalue weighted by molar-refractivity contribution is 5.13. The summed E-state index contributed by atoms with van der Waals surface area (Å²) < 4.78 is 1.94. The molecule has 0 aromatic carbocycles. The highest BCUT2D eigenvalue weighted by atomic mass is 16.3. The lowest BCUT2D eigenvalue weighted by Crippen LogP contribution is -2.35. The first-order valence-electron chi connectivity index (χ1n) is 5.28. The summed E-state index contributed by atoms with van der Waals surface area (Å²) in [5.41, 5.74) is 1.85. The van der Waals surface area contributed by atoms with Crippen molar-refractivity contribution in [2.45, 2.75) is 26.1 Å². The molecule has 0 amide bonds. The van der Waals surface area contributed by atoms with Gasteiger partial charge >= 0.3 is 0 Å². The molecule has 84 valence electrons. The Morgan fingerprint density at radius 3 is 3.00 bits per heavy atom. The average Bonchev–Trinajstić information content (AvgIpc) is 2.61. The minimum Gasteiger partial charge on any atom is -0.395 e. The van der Waals surface area contributed by atoms with Crippen molar-refractivity contribution in [3.63, 3.8) is 0 Å². The number of fused-ring (bicyclic) bond motifs is 1. The Bertz CT molecular complexity index is 335. The number of β-amino-alcohol motifs (C(OH)–C–C–N with tert-alkyl or cyclic N) is 1. The van der Waals surface area contributed by atoms with E-state index in [1.54, 1.807) is 6.92 Å². The molecule has 5 heteroatoms. The van der Waals surface area contributed by atoms with Gasteiger partial charge in [0.05, 0.1) is 30.6 Å². The second kappa shape index (κ2) is 4.30. The molecule has 1 aliphatic rings. The average molecular weight is 211 g/mol. The smallest absolute Gasteiger partial charge is 0.0950 e. The normalized spacial score (nSPS) is 18.9. The van der Waals surface area contributed by atoms with Crippen LogP contribution >= 0.6 is 0 Å². The molecule has 2 N–H and O–H groups in total. The summed E-state index contributed by atoms with van der Waals surface area (Å²) >= 11 is 0. The van der Waals surface area contributed by atoms with Gasteiger partial charge in [-0.3, -0.25) is 9.58 Å². The molecule has 0 radical (unpaired) electrons. The molecule has 1 unspecified atom stereocenters. The van der Waals surface area contributed by atoms with Crippen LogP contribution in [0.3, 0.4) is 0 Å². The summed E-state index contributed by atoms with van der Waals surface area (Å²) in [7, 11) is 0. The van der Waals surface area contributed by atoms with Crippen LogP contribution in [0, 0.1) is 0 Å². The van der Waals surface area contributed by atoms with Gasteiger partial charge < -0.3 is 10.2 Å². The summed E-state index contributed by atoms with van der Waals surface area (Å²) in [6, 6.07) is 1.94. The first kappa shape index (κ1) is 10.6. The maximum Gasteiger partial charge on any atom is 0.0950 e. The lowest BCUT2D eigenvalue weighted by Gasteiger charge is -2.26. The lowest BCUT2D eigenvalue weighted by atomic mass is 10.2. The first-order chi connectivity index (χ1) is 7.20. The van der Waals surface area contributed by atoms with Crippen molar-refractivity contribution in [1.82, 2.24) is 14.7 Å². The van der Waals surface area contributed by atoms with E-state index in [0.717, 1.165) is 31.0 Å². The molecule has 0 saturated carbocycles. The Morgan fingerprint density at radius 1 is 1.53 bits per heavy atom. The van der Waals surface area contributed by atoms with Gasteiger partial charge in [0.15, 0.2) is 0 Å². The Kier molecular flexibility index (Phi) is 3.04. The van der Waals surface area contributed by atoms with Gasteiger partial charge in [-0.25, -0.2) is 0 Å². The van der Waals surface area contributed by atoms with E-state index in [0.29, 0.717) is 6.54 Å². The fraction of sp³-hybridized carbons (Fsp3) is 0.700. The molecule has 0 saturated heterocycles. The quantitative estimate of drug-likeness (QED) is 0.723. The molecule has 1 aromatic rings. The number of aromatic nitrogens is 2. The Balaban J connectivity index is 2.12. The van der Waals surface area contributed by atoms with Crippen molar-refractivity contribution in [3.05, 3.63) is 17.5 Å². The first-order valence-corrected chi connectivity index (χ1v) is 5.28. The Labute approximate surface area is 88.9 Å². The highest BCUT2D eigenvalue weighted by Crippen LogP contribution is 2.17. The zero-order chi connectivity index (χ0) is 10.8. The fourth-order valence-corrected chi connectivity index (χ4v) is 1.88. The zero-order valence-electron chi connectivity index (χ0n) is 8.93. The van der Waals surface area contributed by atoms with Crippen molar-refractivity contribution in [2.75, 3.05) is 19.7 Å². The van der Waals surface area contributed by atoms with Crippen LogP contribution in [0.1, 0.15) is 24.4 Å². The summed E-state index contributed by atoms with van der Waals surface area (Å²) in [6.07, 6.45) is -0.505. The van der Waals surface area contributed by atoms with Crippen LogP contribution in [0.5, 0.6) is 0 Å². The minimum atomic E-state index is -0.505. The summed E-state index contributed by atoms with van der Waals surface area (Å²) in [5, 5.41) is 22.6. The summed E-state index contributed by atoms with van der Waals surface area (Å²) in [4.78, 5) is 2.18. The van der Waals surface area contributed by atoms with Gasteiger partial charge in [-0.05, 0) is 13.0 Å². The lowest BCUT2D eigenvalue weighted by molar-refractivity contribution is 0.162. The van der Waals surface area contributed by atoms with Crippen molar-refractivity contribution >= 4 is 0 Å². The third-order valence-corrected chi connectivity index (χ3v) is 2.74. The molecule has 0 bridgehead atoms. The molecule has 1 atom stereocenters. The van der Waals surface area contributed by atoms with E-state index >= 15 is 0 Å².